The summed E-state index contributed by atoms with van der Waals surface area (Å²) >= 11 is 0. The molecule has 0 aliphatic heterocycles. The minimum Gasteiger partial charge on any atom is -0.489 e. The van der Waals surface area contributed by atoms with Gasteiger partial charge in [-0.1, -0.05) is 6.07 Å². The van der Waals surface area contributed by atoms with E-state index in [-0.39, 0.29) is 5.82 Å². The summed E-state index contributed by atoms with van der Waals surface area (Å²) in [4.78, 5) is 4.06. The van der Waals surface area contributed by atoms with Gasteiger partial charge in [-0.3, -0.25) is 4.98 Å². The molecule has 0 aliphatic rings. The first kappa shape index (κ1) is 10.6. The quantitative estimate of drug-likeness (QED) is 0.788. The third kappa shape index (κ3) is 2.79. The number of aromatic nitrogens is 1. The number of halogens is 1. The zero-order chi connectivity index (χ0) is 11.4. The van der Waals surface area contributed by atoms with Gasteiger partial charge in [0.25, 0.3) is 0 Å². The van der Waals surface area contributed by atoms with Gasteiger partial charge in [-0.2, -0.15) is 0 Å². The van der Waals surface area contributed by atoms with E-state index < -0.39 is 0 Å². The van der Waals surface area contributed by atoms with Crippen LogP contribution in [0.3, 0.4) is 0 Å². The van der Waals surface area contributed by atoms with Gasteiger partial charge in [-0.25, -0.2) is 4.39 Å². The van der Waals surface area contributed by atoms with Crippen molar-refractivity contribution in [1.82, 2.24) is 4.98 Å². The summed E-state index contributed by atoms with van der Waals surface area (Å²) < 4.78 is 18.3. The van der Waals surface area contributed by atoms with Crippen LogP contribution in [0.4, 0.5) is 4.39 Å². The molecule has 1 aromatic heterocycles. The van der Waals surface area contributed by atoms with Crippen molar-refractivity contribution >= 4 is 0 Å². The largest absolute Gasteiger partial charge is 0.489 e. The van der Waals surface area contributed by atoms with E-state index in [0.29, 0.717) is 12.4 Å². The Bertz CT molecular complexity index is 439. The van der Waals surface area contributed by atoms with Crippen LogP contribution in [0.2, 0.25) is 0 Å². The first-order valence-corrected chi connectivity index (χ1v) is 5.03. The van der Waals surface area contributed by atoms with E-state index in [4.69, 9.17) is 4.74 Å². The van der Waals surface area contributed by atoms with Crippen molar-refractivity contribution in [2.24, 2.45) is 0 Å². The van der Waals surface area contributed by atoms with Crippen LogP contribution in [-0.2, 0) is 6.61 Å². The molecule has 2 rings (SSSR count). The molecule has 0 N–H and O–H groups in total. The van der Waals surface area contributed by atoms with Crippen LogP contribution in [0.5, 0.6) is 5.75 Å². The van der Waals surface area contributed by atoms with Gasteiger partial charge in [-0.05, 0) is 30.7 Å². The van der Waals surface area contributed by atoms with Crippen molar-refractivity contribution in [3.05, 3.63) is 59.7 Å². The van der Waals surface area contributed by atoms with Crippen molar-refractivity contribution in [1.29, 1.82) is 0 Å². The molecule has 1 aromatic carbocycles. The maximum atomic E-state index is 12.9. The van der Waals surface area contributed by atoms with Crippen LogP contribution >= 0.6 is 0 Å². The Labute approximate surface area is 93.7 Å². The summed E-state index contributed by atoms with van der Waals surface area (Å²) in [5.74, 6) is 0.237. The smallest absolute Gasteiger partial charge is 0.126 e. The highest BCUT2D eigenvalue weighted by Crippen LogP contribution is 2.14. The molecule has 0 amide bonds. The minimum atomic E-state index is -0.292. The SMILES string of the molecule is Cc1cncc(COc2cccc(F)c2)c1. The van der Waals surface area contributed by atoms with E-state index in [0.717, 1.165) is 11.1 Å². The number of ether oxygens (including phenoxy) is 1. The van der Waals surface area contributed by atoms with E-state index >= 15 is 0 Å². The predicted molar refractivity (Wildman–Crippen MR) is 59.7 cm³/mol. The lowest BCUT2D eigenvalue weighted by atomic mass is 10.2. The summed E-state index contributed by atoms with van der Waals surface area (Å²) in [6.45, 7) is 2.37. The lowest BCUT2D eigenvalue weighted by Crippen LogP contribution is -1.96. The molecule has 3 heteroatoms. The van der Waals surface area contributed by atoms with Crippen molar-refractivity contribution in [3.8, 4) is 5.75 Å². The van der Waals surface area contributed by atoms with Crippen molar-refractivity contribution in [3.63, 3.8) is 0 Å². The standard InChI is InChI=1S/C13H12FNO/c1-10-5-11(8-15-7-10)9-16-13-4-2-3-12(14)6-13/h2-8H,9H2,1H3. The van der Waals surface area contributed by atoms with Crippen LogP contribution in [0.25, 0.3) is 0 Å². The highest BCUT2D eigenvalue weighted by atomic mass is 19.1. The molecular formula is C13H12FNO. The first-order chi connectivity index (χ1) is 7.74. The molecule has 82 valence electrons. The highest BCUT2D eigenvalue weighted by Gasteiger charge is 1.98. The predicted octanol–water partition coefficient (Wildman–Crippen LogP) is 3.11. The zero-order valence-corrected chi connectivity index (χ0v) is 8.98. The molecule has 0 aliphatic carbocycles. The average molecular weight is 217 g/mol. The first-order valence-electron chi connectivity index (χ1n) is 5.03. The van der Waals surface area contributed by atoms with Crippen molar-refractivity contribution in [2.75, 3.05) is 0 Å². The molecule has 1 heterocycles. The Morgan fingerprint density at radius 2 is 2.12 bits per heavy atom. The number of nitrogens with zero attached hydrogens (tertiary/aromatic N) is 1. The van der Waals surface area contributed by atoms with Gasteiger partial charge in [-0.15, -0.1) is 0 Å². The van der Waals surface area contributed by atoms with Crippen LogP contribution in [-0.4, -0.2) is 4.98 Å². The lowest BCUT2D eigenvalue weighted by Gasteiger charge is -2.06. The molecule has 16 heavy (non-hydrogen) atoms. The molecule has 0 unspecified atom stereocenters. The highest BCUT2D eigenvalue weighted by molar-refractivity contribution is 5.23. The van der Waals surface area contributed by atoms with Gasteiger partial charge < -0.3 is 4.74 Å². The molecule has 0 fully saturated rings. The number of hydrogen-bond acceptors (Lipinski definition) is 2. The van der Waals surface area contributed by atoms with E-state index in [1.807, 2.05) is 13.0 Å². The topological polar surface area (TPSA) is 22.1 Å². The number of pyridine rings is 1. The number of benzene rings is 1. The third-order valence-electron chi connectivity index (χ3n) is 2.13. The van der Waals surface area contributed by atoms with Gasteiger partial charge in [0.05, 0.1) is 0 Å². The summed E-state index contributed by atoms with van der Waals surface area (Å²) in [5.41, 5.74) is 2.06. The number of rotatable bonds is 3. The van der Waals surface area contributed by atoms with E-state index in [9.17, 15) is 4.39 Å². The second-order valence-electron chi connectivity index (χ2n) is 3.62. The molecule has 0 spiro atoms. The van der Waals surface area contributed by atoms with Crippen LogP contribution in [0, 0.1) is 12.7 Å². The summed E-state index contributed by atoms with van der Waals surface area (Å²) in [6.07, 6.45) is 3.53. The molecular weight excluding hydrogens is 205 g/mol. The lowest BCUT2D eigenvalue weighted by molar-refractivity contribution is 0.304. The Kier molecular flexibility index (Phi) is 3.15. The van der Waals surface area contributed by atoms with Crippen LogP contribution in [0.15, 0.2) is 42.7 Å². The van der Waals surface area contributed by atoms with Gasteiger partial charge in [0.2, 0.25) is 0 Å². The molecule has 0 saturated heterocycles. The monoisotopic (exact) mass is 217 g/mol. The van der Waals surface area contributed by atoms with Gasteiger partial charge in [0, 0.05) is 24.0 Å². The average Bonchev–Trinajstić information content (AvgIpc) is 2.27. The van der Waals surface area contributed by atoms with Gasteiger partial charge in [0.15, 0.2) is 0 Å². The molecule has 2 aromatic rings. The normalized spacial score (nSPS) is 10.1. The fourth-order valence-corrected chi connectivity index (χ4v) is 1.42. The Balaban J connectivity index is 2.02. The molecule has 0 radical (unpaired) electrons. The fourth-order valence-electron chi connectivity index (χ4n) is 1.42. The van der Waals surface area contributed by atoms with E-state index in [1.54, 1.807) is 24.5 Å². The zero-order valence-electron chi connectivity index (χ0n) is 8.98. The summed E-state index contributed by atoms with van der Waals surface area (Å²) in [5, 5.41) is 0. The molecule has 2 nitrogen and oxygen atoms in total. The van der Waals surface area contributed by atoms with Crippen molar-refractivity contribution < 1.29 is 9.13 Å². The van der Waals surface area contributed by atoms with Crippen LogP contribution in [0.1, 0.15) is 11.1 Å². The molecule has 0 bridgehead atoms. The second-order valence-corrected chi connectivity index (χ2v) is 3.62. The minimum absolute atomic E-state index is 0.292. The second kappa shape index (κ2) is 4.75. The van der Waals surface area contributed by atoms with Gasteiger partial charge >= 0.3 is 0 Å². The van der Waals surface area contributed by atoms with Gasteiger partial charge in [0.1, 0.15) is 18.2 Å². The number of aryl methyl sites for hydroxylation is 1. The van der Waals surface area contributed by atoms with E-state index in [2.05, 4.69) is 4.98 Å². The maximum Gasteiger partial charge on any atom is 0.126 e. The van der Waals surface area contributed by atoms with Crippen molar-refractivity contribution in [2.45, 2.75) is 13.5 Å². The molecule has 0 saturated carbocycles. The Hall–Kier alpha value is -1.90. The van der Waals surface area contributed by atoms with Crippen LogP contribution < -0.4 is 4.74 Å². The summed E-state index contributed by atoms with van der Waals surface area (Å²) in [7, 11) is 0. The fraction of sp³-hybridized carbons (Fsp3) is 0.154. The third-order valence-corrected chi connectivity index (χ3v) is 2.13. The Morgan fingerprint density at radius 3 is 2.88 bits per heavy atom. The van der Waals surface area contributed by atoms with E-state index in [1.165, 1.54) is 12.1 Å². The molecule has 0 atom stereocenters. The summed E-state index contributed by atoms with van der Waals surface area (Å²) in [6, 6.07) is 8.10. The number of hydrogen-bond donors (Lipinski definition) is 0. The Morgan fingerprint density at radius 1 is 1.25 bits per heavy atom. The maximum absolute atomic E-state index is 12.9.